The van der Waals surface area contributed by atoms with Gasteiger partial charge < -0.3 is 15.2 Å². The predicted molar refractivity (Wildman–Crippen MR) is 78.3 cm³/mol. The number of aromatic nitrogens is 3. The summed E-state index contributed by atoms with van der Waals surface area (Å²) in [5.41, 5.74) is 0. The van der Waals surface area contributed by atoms with Gasteiger partial charge in [-0.05, 0) is 25.5 Å². The van der Waals surface area contributed by atoms with Crippen molar-refractivity contribution in [2.75, 3.05) is 17.2 Å². The molecule has 2 heterocycles. The zero-order chi connectivity index (χ0) is 13.5. The Kier molecular flexibility index (Phi) is 4.78. The molecule has 0 spiro atoms. The molecule has 0 saturated heterocycles. The van der Waals surface area contributed by atoms with Crippen LogP contribution < -0.4 is 10.6 Å². The second kappa shape index (κ2) is 6.78. The number of nitrogens with one attached hydrogen (secondary N) is 2. The van der Waals surface area contributed by atoms with Crippen molar-refractivity contribution in [1.82, 2.24) is 14.5 Å². The molecule has 0 aliphatic rings. The monoisotopic (exact) mass is 259 g/mol. The van der Waals surface area contributed by atoms with Crippen LogP contribution in [-0.4, -0.2) is 27.1 Å². The van der Waals surface area contributed by atoms with Crippen molar-refractivity contribution in [3.63, 3.8) is 0 Å². The number of pyridine rings is 1. The molecule has 0 fully saturated rings. The first kappa shape index (κ1) is 13.4. The van der Waals surface area contributed by atoms with E-state index in [4.69, 9.17) is 0 Å². The lowest BCUT2D eigenvalue weighted by Crippen LogP contribution is -2.22. The quantitative estimate of drug-likeness (QED) is 0.802. The number of rotatable bonds is 7. The van der Waals surface area contributed by atoms with E-state index >= 15 is 0 Å². The molecule has 0 aliphatic heterocycles. The SMILES string of the molecule is CCCNc1cccc(NC(C)Cn2ccnc2)n1. The fourth-order valence-electron chi connectivity index (χ4n) is 1.88. The Morgan fingerprint density at radius 2 is 2.16 bits per heavy atom. The van der Waals surface area contributed by atoms with Gasteiger partial charge in [-0.15, -0.1) is 0 Å². The molecule has 1 atom stereocenters. The van der Waals surface area contributed by atoms with Gasteiger partial charge >= 0.3 is 0 Å². The minimum Gasteiger partial charge on any atom is -0.370 e. The van der Waals surface area contributed by atoms with E-state index < -0.39 is 0 Å². The minimum atomic E-state index is 0.295. The lowest BCUT2D eigenvalue weighted by atomic mass is 10.3. The van der Waals surface area contributed by atoms with Gasteiger partial charge in [0, 0.05) is 31.5 Å². The van der Waals surface area contributed by atoms with Crippen molar-refractivity contribution < 1.29 is 0 Å². The van der Waals surface area contributed by atoms with Crippen LogP contribution in [0.25, 0.3) is 0 Å². The molecule has 2 aromatic rings. The van der Waals surface area contributed by atoms with Gasteiger partial charge in [-0.1, -0.05) is 13.0 Å². The average Bonchev–Trinajstić information content (AvgIpc) is 2.89. The highest BCUT2D eigenvalue weighted by molar-refractivity contribution is 5.45. The zero-order valence-corrected chi connectivity index (χ0v) is 11.5. The Balaban J connectivity index is 1.90. The van der Waals surface area contributed by atoms with Gasteiger partial charge in [0.15, 0.2) is 0 Å². The summed E-state index contributed by atoms with van der Waals surface area (Å²) in [6, 6.07) is 6.28. The number of nitrogens with zero attached hydrogens (tertiary/aromatic N) is 3. The summed E-state index contributed by atoms with van der Waals surface area (Å²) in [4.78, 5) is 8.57. The van der Waals surface area contributed by atoms with Crippen molar-refractivity contribution in [3.8, 4) is 0 Å². The number of anilines is 2. The lowest BCUT2D eigenvalue weighted by molar-refractivity contribution is 0.617. The maximum absolute atomic E-state index is 4.53. The van der Waals surface area contributed by atoms with Crippen LogP contribution in [0.4, 0.5) is 11.6 Å². The van der Waals surface area contributed by atoms with Crippen LogP contribution >= 0.6 is 0 Å². The van der Waals surface area contributed by atoms with Crippen molar-refractivity contribution in [3.05, 3.63) is 36.9 Å². The van der Waals surface area contributed by atoms with E-state index in [1.165, 1.54) is 0 Å². The number of imidazole rings is 1. The third-order valence-electron chi connectivity index (χ3n) is 2.74. The molecule has 0 saturated carbocycles. The molecule has 5 heteroatoms. The predicted octanol–water partition coefficient (Wildman–Crippen LogP) is 2.60. The molecule has 0 radical (unpaired) electrons. The Labute approximate surface area is 114 Å². The second-order valence-corrected chi connectivity index (χ2v) is 4.64. The summed E-state index contributed by atoms with van der Waals surface area (Å²) in [7, 11) is 0. The number of hydrogen-bond donors (Lipinski definition) is 2. The molecular weight excluding hydrogens is 238 g/mol. The third-order valence-corrected chi connectivity index (χ3v) is 2.74. The molecular formula is C14H21N5. The Morgan fingerprint density at radius 3 is 2.89 bits per heavy atom. The fraction of sp³-hybridized carbons (Fsp3) is 0.429. The van der Waals surface area contributed by atoms with Crippen LogP contribution in [0, 0.1) is 0 Å². The molecule has 1 unspecified atom stereocenters. The second-order valence-electron chi connectivity index (χ2n) is 4.64. The van der Waals surface area contributed by atoms with Gasteiger partial charge in [0.1, 0.15) is 11.6 Å². The summed E-state index contributed by atoms with van der Waals surface area (Å²) < 4.78 is 2.05. The average molecular weight is 259 g/mol. The van der Waals surface area contributed by atoms with Gasteiger partial charge in [-0.25, -0.2) is 9.97 Å². The van der Waals surface area contributed by atoms with E-state index in [0.717, 1.165) is 31.1 Å². The van der Waals surface area contributed by atoms with E-state index in [1.807, 2.05) is 30.7 Å². The van der Waals surface area contributed by atoms with Crippen LogP contribution in [0.3, 0.4) is 0 Å². The van der Waals surface area contributed by atoms with E-state index in [-0.39, 0.29) is 0 Å². The summed E-state index contributed by atoms with van der Waals surface area (Å²) in [5, 5.41) is 6.68. The van der Waals surface area contributed by atoms with Crippen molar-refractivity contribution in [1.29, 1.82) is 0 Å². The van der Waals surface area contributed by atoms with Gasteiger partial charge in [0.2, 0.25) is 0 Å². The van der Waals surface area contributed by atoms with Crippen LogP contribution in [0.1, 0.15) is 20.3 Å². The highest BCUT2D eigenvalue weighted by atomic mass is 15.1. The highest BCUT2D eigenvalue weighted by Crippen LogP contribution is 2.10. The maximum Gasteiger partial charge on any atom is 0.128 e. The molecule has 2 aromatic heterocycles. The smallest absolute Gasteiger partial charge is 0.128 e. The van der Waals surface area contributed by atoms with Crippen LogP contribution in [-0.2, 0) is 6.54 Å². The molecule has 0 aromatic carbocycles. The molecule has 5 nitrogen and oxygen atoms in total. The van der Waals surface area contributed by atoms with E-state index in [2.05, 4.69) is 39.0 Å². The molecule has 102 valence electrons. The van der Waals surface area contributed by atoms with Crippen LogP contribution in [0.5, 0.6) is 0 Å². The molecule has 2 N–H and O–H groups in total. The lowest BCUT2D eigenvalue weighted by Gasteiger charge is -2.15. The standard InChI is InChI=1S/C14H21N5/c1-3-7-16-13-5-4-6-14(18-13)17-12(2)10-19-9-8-15-11-19/h4-6,8-9,11-12H,3,7,10H2,1-2H3,(H2,16,17,18). The van der Waals surface area contributed by atoms with Crippen LogP contribution in [0.2, 0.25) is 0 Å². The van der Waals surface area contributed by atoms with Crippen molar-refractivity contribution in [2.45, 2.75) is 32.9 Å². The Morgan fingerprint density at radius 1 is 1.32 bits per heavy atom. The van der Waals surface area contributed by atoms with Gasteiger partial charge in [0.25, 0.3) is 0 Å². The molecule has 2 rings (SSSR count). The molecule has 0 bridgehead atoms. The van der Waals surface area contributed by atoms with Gasteiger partial charge in [-0.2, -0.15) is 0 Å². The topological polar surface area (TPSA) is 54.8 Å². The van der Waals surface area contributed by atoms with Gasteiger partial charge in [0.05, 0.1) is 6.33 Å². The minimum absolute atomic E-state index is 0.295. The zero-order valence-electron chi connectivity index (χ0n) is 11.5. The summed E-state index contributed by atoms with van der Waals surface area (Å²) >= 11 is 0. The Hall–Kier alpha value is -2.04. The molecule has 0 aliphatic carbocycles. The first-order chi connectivity index (χ1) is 9.28. The molecule has 0 amide bonds. The summed E-state index contributed by atoms with van der Waals surface area (Å²) in [6.07, 6.45) is 6.67. The maximum atomic E-state index is 4.53. The van der Waals surface area contributed by atoms with E-state index in [1.54, 1.807) is 6.20 Å². The first-order valence-corrected chi connectivity index (χ1v) is 6.71. The Bertz CT molecular complexity index is 480. The van der Waals surface area contributed by atoms with Gasteiger partial charge in [-0.3, -0.25) is 0 Å². The normalized spacial score (nSPS) is 12.1. The van der Waals surface area contributed by atoms with E-state index in [0.29, 0.717) is 6.04 Å². The third kappa shape index (κ3) is 4.28. The van der Waals surface area contributed by atoms with Crippen LogP contribution in [0.15, 0.2) is 36.9 Å². The largest absolute Gasteiger partial charge is 0.370 e. The first-order valence-electron chi connectivity index (χ1n) is 6.71. The number of hydrogen-bond acceptors (Lipinski definition) is 4. The summed E-state index contributed by atoms with van der Waals surface area (Å²) in [6.45, 7) is 6.09. The van der Waals surface area contributed by atoms with Crippen molar-refractivity contribution >= 4 is 11.6 Å². The fourth-order valence-corrected chi connectivity index (χ4v) is 1.88. The molecule has 19 heavy (non-hydrogen) atoms. The van der Waals surface area contributed by atoms with E-state index in [9.17, 15) is 0 Å². The summed E-state index contributed by atoms with van der Waals surface area (Å²) in [5.74, 6) is 1.82. The highest BCUT2D eigenvalue weighted by Gasteiger charge is 2.04. The van der Waals surface area contributed by atoms with Crippen molar-refractivity contribution in [2.24, 2.45) is 0 Å².